The summed E-state index contributed by atoms with van der Waals surface area (Å²) in [6, 6.07) is 13.5. The fourth-order valence-electron chi connectivity index (χ4n) is 6.06. The highest BCUT2D eigenvalue weighted by Gasteiger charge is 2.31. The van der Waals surface area contributed by atoms with E-state index in [1.54, 1.807) is 45.2 Å². The molecule has 3 heterocycles. The fraction of sp³-hybridized carbons (Fsp3) is 0.515. The zero-order chi connectivity index (χ0) is 32.4. The number of hydrogen-bond acceptors (Lipinski definition) is 10. The molecular formula is C33H46ClN7O3S. The van der Waals surface area contributed by atoms with Crippen molar-refractivity contribution in [3.05, 3.63) is 53.7 Å². The Bertz CT molecular complexity index is 1580. The van der Waals surface area contributed by atoms with Crippen molar-refractivity contribution in [2.45, 2.75) is 69.2 Å². The molecule has 1 aromatic heterocycles. The maximum absolute atomic E-state index is 12.9. The van der Waals surface area contributed by atoms with Crippen LogP contribution in [0.2, 0.25) is 5.02 Å². The zero-order valence-electron chi connectivity index (χ0n) is 27.2. The molecule has 0 amide bonds. The van der Waals surface area contributed by atoms with Crippen LogP contribution in [0.4, 0.5) is 28.8 Å². The first-order chi connectivity index (χ1) is 21.4. The van der Waals surface area contributed by atoms with Crippen LogP contribution < -0.4 is 20.3 Å². The Kier molecular flexibility index (Phi) is 10.1. The first-order valence-electron chi connectivity index (χ1n) is 15.7. The number of benzene rings is 2. The third-order valence-electron chi connectivity index (χ3n) is 8.85. The number of nitrogens with zero attached hydrogens (tertiary/aromatic N) is 5. The normalized spacial score (nSPS) is 17.5. The second-order valence-electron chi connectivity index (χ2n) is 13.0. The molecule has 2 aliphatic heterocycles. The van der Waals surface area contributed by atoms with E-state index in [9.17, 15) is 8.42 Å². The van der Waals surface area contributed by atoms with Crippen LogP contribution in [-0.4, -0.2) is 91.4 Å². The molecule has 5 rings (SSSR count). The lowest BCUT2D eigenvalue weighted by atomic mass is 10.00. The van der Waals surface area contributed by atoms with E-state index in [4.69, 9.17) is 16.3 Å². The van der Waals surface area contributed by atoms with Gasteiger partial charge >= 0.3 is 0 Å². The first-order valence-corrected chi connectivity index (χ1v) is 17.6. The molecule has 0 saturated carbocycles. The van der Waals surface area contributed by atoms with E-state index in [-0.39, 0.29) is 15.5 Å². The number of aromatic nitrogens is 2. The molecule has 3 aromatic rings. The van der Waals surface area contributed by atoms with E-state index in [0.29, 0.717) is 34.9 Å². The Balaban J connectivity index is 1.25. The summed E-state index contributed by atoms with van der Waals surface area (Å²) in [5.41, 5.74) is 2.47. The number of piperidine rings is 1. The van der Waals surface area contributed by atoms with Gasteiger partial charge in [-0.25, -0.2) is 13.4 Å². The van der Waals surface area contributed by atoms with Gasteiger partial charge in [-0.2, -0.15) is 4.98 Å². The maximum atomic E-state index is 12.9. The Morgan fingerprint density at radius 1 is 0.956 bits per heavy atom. The summed E-state index contributed by atoms with van der Waals surface area (Å²) < 4.78 is 31.6. The lowest BCUT2D eigenvalue weighted by molar-refractivity contribution is 0.0364. The van der Waals surface area contributed by atoms with E-state index in [1.165, 1.54) is 6.20 Å². The predicted molar refractivity (Wildman–Crippen MR) is 183 cm³/mol. The van der Waals surface area contributed by atoms with Gasteiger partial charge in [0.15, 0.2) is 15.7 Å². The minimum Gasteiger partial charge on any atom is -0.494 e. The van der Waals surface area contributed by atoms with Crippen molar-refractivity contribution in [1.29, 1.82) is 0 Å². The summed E-state index contributed by atoms with van der Waals surface area (Å²) in [6.45, 7) is 16.8. The Hall–Kier alpha value is -3.12. The Morgan fingerprint density at radius 2 is 1.64 bits per heavy atom. The molecule has 10 nitrogen and oxygen atoms in total. The van der Waals surface area contributed by atoms with Crippen LogP contribution in [0.3, 0.4) is 0 Å². The molecule has 45 heavy (non-hydrogen) atoms. The standard InChI is InChI=1S/C33H46ClN7O3S/c1-23(2)45(42,43)30-10-8-7-9-28(30)36-31-26(34)22-35-32(38-31)37-27-12-11-25(21-29(27)44-6)39-15-13-24(14-16-39)40-17-19-41(20-18-40)33(3,4)5/h7-12,21-24H,13-20H2,1-6H3,(H2,35,36,37,38). The molecule has 2 fully saturated rings. The molecule has 0 spiro atoms. The van der Waals surface area contributed by atoms with Gasteiger partial charge in [0.1, 0.15) is 10.8 Å². The number of ether oxygens (including phenoxy) is 1. The molecule has 0 unspecified atom stereocenters. The largest absolute Gasteiger partial charge is 0.494 e. The van der Waals surface area contributed by atoms with E-state index >= 15 is 0 Å². The monoisotopic (exact) mass is 655 g/mol. The van der Waals surface area contributed by atoms with Crippen LogP contribution in [0.1, 0.15) is 47.5 Å². The minimum atomic E-state index is -3.53. The molecule has 0 aliphatic carbocycles. The Morgan fingerprint density at radius 3 is 2.29 bits per heavy atom. The average molecular weight is 656 g/mol. The molecule has 0 bridgehead atoms. The van der Waals surface area contributed by atoms with Crippen molar-refractivity contribution in [2.24, 2.45) is 0 Å². The average Bonchev–Trinajstić information content (AvgIpc) is 3.02. The van der Waals surface area contributed by atoms with Gasteiger partial charge < -0.3 is 20.3 Å². The second kappa shape index (κ2) is 13.7. The molecule has 2 N–H and O–H groups in total. The van der Waals surface area contributed by atoms with Crippen molar-refractivity contribution < 1.29 is 13.2 Å². The highest BCUT2D eigenvalue weighted by molar-refractivity contribution is 7.92. The lowest BCUT2D eigenvalue weighted by Crippen LogP contribution is -2.57. The van der Waals surface area contributed by atoms with Gasteiger partial charge in [-0.05, 0) is 71.7 Å². The van der Waals surface area contributed by atoms with Crippen molar-refractivity contribution in [3.63, 3.8) is 0 Å². The third-order valence-corrected chi connectivity index (χ3v) is 11.3. The van der Waals surface area contributed by atoms with Crippen LogP contribution >= 0.6 is 11.6 Å². The van der Waals surface area contributed by atoms with E-state index in [2.05, 4.69) is 62.1 Å². The quantitative estimate of drug-likeness (QED) is 0.277. The van der Waals surface area contributed by atoms with Crippen LogP contribution in [0, 0.1) is 0 Å². The fourth-order valence-corrected chi connectivity index (χ4v) is 7.40. The van der Waals surface area contributed by atoms with Gasteiger partial charge in [0, 0.05) is 62.6 Å². The topological polar surface area (TPSA) is 103 Å². The van der Waals surface area contributed by atoms with Crippen LogP contribution in [0.15, 0.2) is 53.6 Å². The van der Waals surface area contributed by atoms with Gasteiger partial charge in [-0.1, -0.05) is 23.7 Å². The summed E-state index contributed by atoms with van der Waals surface area (Å²) in [7, 11) is -1.88. The number of para-hydroxylation sites is 1. The number of rotatable bonds is 9. The van der Waals surface area contributed by atoms with Gasteiger partial charge in [0.05, 0.1) is 34.8 Å². The van der Waals surface area contributed by atoms with Crippen molar-refractivity contribution in [3.8, 4) is 5.75 Å². The molecule has 2 aliphatic rings. The van der Waals surface area contributed by atoms with Crippen LogP contribution in [-0.2, 0) is 9.84 Å². The van der Waals surface area contributed by atoms with Gasteiger partial charge in [-0.15, -0.1) is 0 Å². The predicted octanol–water partition coefficient (Wildman–Crippen LogP) is 6.19. The van der Waals surface area contributed by atoms with Gasteiger partial charge in [0.25, 0.3) is 0 Å². The SMILES string of the molecule is COc1cc(N2CCC(N3CCN(C(C)(C)C)CC3)CC2)ccc1Nc1ncc(Cl)c(Nc2ccccc2S(=O)(=O)C(C)C)n1. The molecular weight excluding hydrogens is 610 g/mol. The molecule has 0 atom stereocenters. The van der Waals surface area contributed by atoms with E-state index in [1.807, 2.05) is 12.1 Å². The van der Waals surface area contributed by atoms with Crippen LogP contribution in [0.25, 0.3) is 0 Å². The van der Waals surface area contributed by atoms with E-state index in [0.717, 1.165) is 57.8 Å². The number of nitrogens with one attached hydrogen (secondary N) is 2. The van der Waals surface area contributed by atoms with E-state index < -0.39 is 15.1 Å². The minimum absolute atomic E-state index is 0.189. The highest BCUT2D eigenvalue weighted by Crippen LogP contribution is 2.35. The first kappa shape index (κ1) is 33.2. The summed E-state index contributed by atoms with van der Waals surface area (Å²) >= 11 is 6.43. The van der Waals surface area contributed by atoms with Crippen molar-refractivity contribution in [1.82, 2.24) is 19.8 Å². The number of piperazine rings is 1. The maximum Gasteiger partial charge on any atom is 0.229 e. The number of hydrogen-bond donors (Lipinski definition) is 2. The summed E-state index contributed by atoms with van der Waals surface area (Å²) in [4.78, 5) is 16.8. The molecule has 2 aromatic carbocycles. The molecule has 244 valence electrons. The summed E-state index contributed by atoms with van der Waals surface area (Å²) in [6.07, 6.45) is 3.77. The number of methoxy groups -OCH3 is 1. The van der Waals surface area contributed by atoms with Crippen LogP contribution in [0.5, 0.6) is 5.75 Å². The van der Waals surface area contributed by atoms with Crippen molar-refractivity contribution >= 4 is 50.3 Å². The smallest absolute Gasteiger partial charge is 0.229 e. The zero-order valence-corrected chi connectivity index (χ0v) is 28.7. The molecule has 0 radical (unpaired) electrons. The lowest BCUT2D eigenvalue weighted by Gasteiger charge is -2.46. The third kappa shape index (κ3) is 7.65. The highest BCUT2D eigenvalue weighted by atomic mass is 35.5. The summed E-state index contributed by atoms with van der Waals surface area (Å²) in [5, 5.41) is 6.03. The number of sulfone groups is 1. The Labute approximate surface area is 273 Å². The number of halogens is 1. The van der Waals surface area contributed by atoms with Crippen molar-refractivity contribution in [2.75, 3.05) is 61.9 Å². The molecule has 12 heteroatoms. The molecule has 2 saturated heterocycles. The van der Waals surface area contributed by atoms with Gasteiger partial charge in [0.2, 0.25) is 5.95 Å². The second-order valence-corrected chi connectivity index (χ2v) is 15.9. The number of anilines is 5. The van der Waals surface area contributed by atoms with Gasteiger partial charge in [-0.3, -0.25) is 9.80 Å². The summed E-state index contributed by atoms with van der Waals surface area (Å²) in [5.74, 6) is 1.26.